The van der Waals surface area contributed by atoms with E-state index in [1.807, 2.05) is 11.0 Å². The van der Waals surface area contributed by atoms with E-state index in [9.17, 15) is 46.7 Å². The van der Waals surface area contributed by atoms with Crippen molar-refractivity contribution in [3.05, 3.63) is 96.2 Å². The normalized spacial score (nSPS) is 16.1. The third kappa shape index (κ3) is 11.2. The zero-order valence-electron chi connectivity index (χ0n) is 35.9. The lowest BCUT2D eigenvalue weighted by Crippen LogP contribution is -2.54. The number of amides is 7. The van der Waals surface area contributed by atoms with E-state index in [1.54, 1.807) is 30.3 Å². The van der Waals surface area contributed by atoms with E-state index in [0.29, 0.717) is 49.5 Å². The summed E-state index contributed by atoms with van der Waals surface area (Å²) in [5.41, 5.74) is 0.988. The van der Waals surface area contributed by atoms with Crippen LogP contribution in [-0.4, -0.2) is 127 Å². The summed E-state index contributed by atoms with van der Waals surface area (Å²) in [4.78, 5) is 100. The number of hydrogen-bond donors (Lipinski definition) is 7. The maximum absolute atomic E-state index is 14.0. The Morgan fingerprint density at radius 3 is 2.34 bits per heavy atom. The van der Waals surface area contributed by atoms with E-state index in [4.69, 9.17) is 4.74 Å². The maximum atomic E-state index is 14.0. The minimum absolute atomic E-state index is 0.0117. The highest BCUT2D eigenvalue weighted by Gasteiger charge is 2.45. The number of methoxy groups -OCH3 is 1. The molecule has 1 unspecified atom stereocenters. The molecule has 0 spiro atoms. The number of nitrogens with one attached hydrogen (secondary N) is 7. The number of imide groups is 2. The van der Waals surface area contributed by atoms with Crippen molar-refractivity contribution in [2.45, 2.75) is 25.1 Å². The maximum Gasteiger partial charge on any atom is 0.421 e. The van der Waals surface area contributed by atoms with Gasteiger partial charge in [-0.15, -0.1) is 0 Å². The van der Waals surface area contributed by atoms with Crippen LogP contribution in [0, 0.1) is 0 Å². The Kier molecular flexibility index (Phi) is 14.3. The number of ether oxygens (including phenoxy) is 1. The lowest BCUT2D eigenvalue weighted by atomic mass is 10.0. The molecule has 1 atom stereocenters. The van der Waals surface area contributed by atoms with Crippen molar-refractivity contribution in [3.63, 3.8) is 0 Å². The van der Waals surface area contributed by atoms with Crippen LogP contribution in [-0.2, 0) is 30.1 Å². The number of piperazine rings is 1. The van der Waals surface area contributed by atoms with Crippen molar-refractivity contribution in [1.29, 1.82) is 0 Å². The Morgan fingerprint density at radius 2 is 1.63 bits per heavy atom. The van der Waals surface area contributed by atoms with Crippen LogP contribution in [0.1, 0.15) is 39.1 Å². The van der Waals surface area contributed by atoms with Gasteiger partial charge in [0.2, 0.25) is 35.5 Å². The van der Waals surface area contributed by atoms with Crippen LogP contribution in [0.15, 0.2) is 79.5 Å². The summed E-state index contributed by atoms with van der Waals surface area (Å²) in [7, 11) is 1.45. The zero-order chi connectivity index (χ0) is 47.8. The fraction of sp³-hybridized carbons (Fsp3) is 0.295. The Balaban J connectivity index is 0.851. The van der Waals surface area contributed by atoms with Crippen LogP contribution in [0.3, 0.4) is 0 Å². The van der Waals surface area contributed by atoms with Crippen LogP contribution in [0.4, 0.5) is 53.4 Å². The second kappa shape index (κ2) is 20.4. The second-order valence-corrected chi connectivity index (χ2v) is 15.4. The quantitative estimate of drug-likeness (QED) is 0.0457. The molecule has 7 amide bonds. The molecule has 2 saturated heterocycles. The predicted octanol–water partition coefficient (Wildman–Crippen LogP) is 2.98. The lowest BCUT2D eigenvalue weighted by molar-refractivity contribution is -0.138. The lowest BCUT2D eigenvalue weighted by Gasteiger charge is -2.36. The SMILES string of the molecule is C=CC(=O)Nc1cccc(Nc2nc(Nc3ccc(N4CCN(CC(=O)NCCNC(=O)CNc5cccc6c5C(=O)N(C5CCC(=O)NC5=O)C6=O)CC4)cc3OC)ncc2C(F)(F)F)c1. The summed E-state index contributed by atoms with van der Waals surface area (Å²) in [5, 5.41) is 18.7. The van der Waals surface area contributed by atoms with Crippen LogP contribution in [0.2, 0.25) is 0 Å². The molecule has 3 aliphatic rings. The van der Waals surface area contributed by atoms with Gasteiger partial charge in [0.05, 0.1) is 37.0 Å². The van der Waals surface area contributed by atoms with Crippen LogP contribution in [0.25, 0.3) is 0 Å². The summed E-state index contributed by atoms with van der Waals surface area (Å²) < 4.78 is 47.6. The highest BCUT2D eigenvalue weighted by atomic mass is 19.4. The molecule has 67 heavy (non-hydrogen) atoms. The number of nitrogens with zero attached hydrogens (tertiary/aromatic N) is 5. The van der Waals surface area contributed by atoms with Gasteiger partial charge in [0, 0.05) is 80.7 Å². The largest absolute Gasteiger partial charge is 0.494 e. The number of anilines is 7. The fourth-order valence-corrected chi connectivity index (χ4v) is 7.58. The minimum Gasteiger partial charge on any atom is -0.494 e. The van der Waals surface area contributed by atoms with E-state index in [1.165, 1.54) is 31.4 Å². The molecule has 0 bridgehead atoms. The summed E-state index contributed by atoms with van der Waals surface area (Å²) in [6.45, 7) is 5.79. The third-order valence-corrected chi connectivity index (χ3v) is 10.9. The number of halogens is 3. The Hall–Kier alpha value is -8.08. The standard InChI is InChI=1S/C44H45F3N12O8/c1-3-34(60)52-25-6-4-7-26(20-25)53-39-29(44(45,46)47)22-51-43(56-39)54-30-11-10-27(21-33(30)67-2)58-18-16-57(17-19-58)24-37(63)49-15-14-48-36(62)23-50-31-9-5-8-28-38(31)42(66)59(41(28)65)32-12-13-35(61)55-40(32)64/h3-11,20-22,32,50H,1,12-19,23-24H2,2H3,(H,48,62)(H,49,63)(H,52,60)(H,55,61,64)(H2,51,53,54,56). The van der Waals surface area contributed by atoms with Crippen LogP contribution in [0.5, 0.6) is 5.75 Å². The number of aromatic nitrogens is 2. The van der Waals surface area contributed by atoms with Crippen molar-refractivity contribution >= 4 is 81.6 Å². The van der Waals surface area contributed by atoms with Gasteiger partial charge < -0.3 is 41.5 Å². The number of benzene rings is 3. The van der Waals surface area contributed by atoms with Crippen LogP contribution < -0.4 is 46.9 Å². The van der Waals surface area contributed by atoms with Crippen molar-refractivity contribution in [1.82, 2.24) is 35.7 Å². The van der Waals surface area contributed by atoms with Gasteiger partial charge in [-0.25, -0.2) is 4.98 Å². The number of carbonyl (C=O) groups is 7. The van der Waals surface area contributed by atoms with Gasteiger partial charge in [-0.1, -0.05) is 18.7 Å². The highest BCUT2D eigenvalue weighted by Crippen LogP contribution is 2.37. The molecular formula is C44H45F3N12O8. The first-order valence-electron chi connectivity index (χ1n) is 20.9. The van der Waals surface area contributed by atoms with Crippen molar-refractivity contribution in [3.8, 4) is 5.75 Å². The molecule has 1 aromatic heterocycles. The number of piperidine rings is 1. The fourth-order valence-electron chi connectivity index (χ4n) is 7.58. The number of carbonyl (C=O) groups excluding carboxylic acids is 7. The molecule has 7 rings (SSSR count). The number of fused-ring (bicyclic) bond motifs is 1. The molecule has 4 heterocycles. The molecule has 23 heteroatoms. The van der Waals surface area contributed by atoms with Gasteiger partial charge >= 0.3 is 6.18 Å². The molecule has 0 saturated carbocycles. The monoisotopic (exact) mass is 926 g/mol. The minimum atomic E-state index is -4.78. The molecule has 7 N–H and O–H groups in total. The molecule has 350 valence electrons. The zero-order valence-corrected chi connectivity index (χ0v) is 35.9. The number of alkyl halides is 3. The average Bonchev–Trinajstić information content (AvgIpc) is 3.55. The van der Waals surface area contributed by atoms with E-state index >= 15 is 0 Å². The van der Waals surface area contributed by atoms with E-state index in [2.05, 4.69) is 58.7 Å². The average molecular weight is 927 g/mol. The van der Waals surface area contributed by atoms with Crippen molar-refractivity contribution in [2.24, 2.45) is 0 Å². The Morgan fingerprint density at radius 1 is 0.896 bits per heavy atom. The summed E-state index contributed by atoms with van der Waals surface area (Å²) in [5.74, 6) is -4.03. The topological polar surface area (TPSA) is 248 Å². The van der Waals surface area contributed by atoms with Gasteiger partial charge in [-0.3, -0.25) is 48.7 Å². The van der Waals surface area contributed by atoms with Gasteiger partial charge in [0.25, 0.3) is 11.8 Å². The molecule has 2 fully saturated rings. The second-order valence-electron chi connectivity index (χ2n) is 15.4. The van der Waals surface area contributed by atoms with E-state index in [-0.39, 0.29) is 73.4 Å². The van der Waals surface area contributed by atoms with Gasteiger partial charge in [0.15, 0.2) is 0 Å². The Bertz CT molecular complexity index is 2620. The van der Waals surface area contributed by atoms with Crippen molar-refractivity contribution in [2.75, 3.05) is 85.6 Å². The molecule has 0 aliphatic carbocycles. The third-order valence-electron chi connectivity index (χ3n) is 10.9. The molecule has 0 radical (unpaired) electrons. The number of hydrogen-bond acceptors (Lipinski definition) is 15. The molecule has 4 aromatic rings. The first-order valence-corrected chi connectivity index (χ1v) is 20.9. The molecular weight excluding hydrogens is 882 g/mol. The highest BCUT2D eigenvalue weighted by molar-refractivity contribution is 6.25. The summed E-state index contributed by atoms with van der Waals surface area (Å²) >= 11 is 0. The van der Waals surface area contributed by atoms with Gasteiger partial charge in [-0.05, 0) is 55.0 Å². The first-order chi connectivity index (χ1) is 32.1. The molecule has 3 aliphatic heterocycles. The van der Waals surface area contributed by atoms with Crippen LogP contribution >= 0.6 is 0 Å². The molecule has 3 aromatic carbocycles. The smallest absolute Gasteiger partial charge is 0.421 e. The Labute approximate surface area is 380 Å². The van der Waals surface area contributed by atoms with Gasteiger partial charge in [-0.2, -0.15) is 18.2 Å². The van der Waals surface area contributed by atoms with Gasteiger partial charge in [0.1, 0.15) is 23.2 Å². The predicted molar refractivity (Wildman–Crippen MR) is 238 cm³/mol. The van der Waals surface area contributed by atoms with E-state index < -0.39 is 59.0 Å². The van der Waals surface area contributed by atoms with Crippen molar-refractivity contribution < 1.29 is 51.5 Å². The molecule has 20 nitrogen and oxygen atoms in total. The summed E-state index contributed by atoms with van der Waals surface area (Å²) in [6, 6.07) is 14.8. The van der Waals surface area contributed by atoms with E-state index in [0.717, 1.165) is 16.7 Å². The number of rotatable bonds is 17. The summed E-state index contributed by atoms with van der Waals surface area (Å²) in [6.07, 6.45) is -3.05. The first kappa shape index (κ1) is 46.9.